The van der Waals surface area contributed by atoms with Crippen LogP contribution >= 0.6 is 11.6 Å². The Morgan fingerprint density at radius 1 is 1.06 bits per heavy atom. The van der Waals surface area contributed by atoms with Crippen molar-refractivity contribution < 1.29 is 4.39 Å². The molecule has 3 heteroatoms. The number of aryl methyl sites for hydroxylation is 1. The van der Waals surface area contributed by atoms with Gasteiger partial charge in [0.25, 0.3) is 0 Å². The molecule has 0 saturated carbocycles. The minimum Gasteiger partial charge on any atom is -0.324 e. The third-order valence-electron chi connectivity index (χ3n) is 2.98. The highest BCUT2D eigenvalue weighted by molar-refractivity contribution is 6.31. The van der Waals surface area contributed by atoms with E-state index in [0.29, 0.717) is 0 Å². The maximum absolute atomic E-state index is 12.8. The van der Waals surface area contributed by atoms with Crippen LogP contribution in [0.5, 0.6) is 0 Å². The van der Waals surface area contributed by atoms with Crippen molar-refractivity contribution in [1.82, 2.24) is 0 Å². The summed E-state index contributed by atoms with van der Waals surface area (Å²) in [6.45, 7) is 0. The SMILES string of the molecule is NC(CCc1ccccc1Cl)c1ccc(F)cc1. The average molecular weight is 264 g/mol. The lowest BCUT2D eigenvalue weighted by Gasteiger charge is -2.12. The van der Waals surface area contributed by atoms with E-state index < -0.39 is 0 Å². The summed E-state index contributed by atoms with van der Waals surface area (Å²) >= 11 is 6.08. The normalized spacial score (nSPS) is 12.4. The van der Waals surface area contributed by atoms with E-state index >= 15 is 0 Å². The van der Waals surface area contributed by atoms with E-state index in [2.05, 4.69) is 0 Å². The van der Waals surface area contributed by atoms with Gasteiger partial charge in [0, 0.05) is 11.1 Å². The lowest BCUT2D eigenvalue weighted by Crippen LogP contribution is -2.11. The molecule has 0 saturated heterocycles. The summed E-state index contributed by atoms with van der Waals surface area (Å²) in [7, 11) is 0. The van der Waals surface area contributed by atoms with Gasteiger partial charge in [-0.25, -0.2) is 4.39 Å². The summed E-state index contributed by atoms with van der Waals surface area (Å²) in [5, 5.41) is 0.767. The molecule has 1 unspecified atom stereocenters. The van der Waals surface area contributed by atoms with Gasteiger partial charge in [0.05, 0.1) is 0 Å². The van der Waals surface area contributed by atoms with Gasteiger partial charge in [-0.15, -0.1) is 0 Å². The maximum Gasteiger partial charge on any atom is 0.123 e. The van der Waals surface area contributed by atoms with Crippen molar-refractivity contribution >= 4 is 11.6 Å². The van der Waals surface area contributed by atoms with Crippen LogP contribution in [0.1, 0.15) is 23.6 Å². The molecule has 0 fully saturated rings. The molecule has 0 bridgehead atoms. The summed E-state index contributed by atoms with van der Waals surface area (Å²) in [5.74, 6) is -0.239. The van der Waals surface area contributed by atoms with Crippen LogP contribution in [0.2, 0.25) is 5.02 Å². The highest BCUT2D eigenvalue weighted by Gasteiger charge is 2.07. The first-order valence-electron chi connectivity index (χ1n) is 5.91. The predicted molar refractivity (Wildman–Crippen MR) is 73.1 cm³/mol. The molecule has 1 nitrogen and oxygen atoms in total. The molecule has 1 atom stereocenters. The maximum atomic E-state index is 12.8. The van der Waals surface area contributed by atoms with E-state index in [1.165, 1.54) is 12.1 Å². The average Bonchev–Trinajstić information content (AvgIpc) is 2.38. The zero-order valence-corrected chi connectivity index (χ0v) is 10.7. The van der Waals surface area contributed by atoms with Crippen LogP contribution in [0.4, 0.5) is 4.39 Å². The summed E-state index contributed by atoms with van der Waals surface area (Å²) in [4.78, 5) is 0. The first-order valence-corrected chi connectivity index (χ1v) is 6.29. The quantitative estimate of drug-likeness (QED) is 0.883. The Morgan fingerprint density at radius 2 is 1.72 bits per heavy atom. The molecule has 0 aliphatic carbocycles. The van der Waals surface area contributed by atoms with E-state index in [9.17, 15) is 4.39 Å². The second kappa shape index (κ2) is 5.98. The van der Waals surface area contributed by atoms with E-state index in [1.54, 1.807) is 12.1 Å². The van der Waals surface area contributed by atoms with Gasteiger partial charge in [-0.2, -0.15) is 0 Å². The Bertz CT molecular complexity index is 510. The Hall–Kier alpha value is -1.38. The smallest absolute Gasteiger partial charge is 0.123 e. The highest BCUT2D eigenvalue weighted by Crippen LogP contribution is 2.21. The summed E-state index contributed by atoms with van der Waals surface area (Å²) in [6, 6.07) is 14.0. The van der Waals surface area contributed by atoms with Crippen molar-refractivity contribution in [3.63, 3.8) is 0 Å². The predicted octanol–water partition coefficient (Wildman–Crippen LogP) is 4.11. The minimum atomic E-state index is -0.239. The number of hydrogen-bond donors (Lipinski definition) is 1. The van der Waals surface area contributed by atoms with Crippen LogP contribution in [-0.2, 0) is 6.42 Å². The van der Waals surface area contributed by atoms with E-state index in [1.807, 2.05) is 24.3 Å². The molecule has 18 heavy (non-hydrogen) atoms. The Kier molecular flexibility index (Phi) is 4.34. The van der Waals surface area contributed by atoms with Crippen LogP contribution in [0.25, 0.3) is 0 Å². The highest BCUT2D eigenvalue weighted by atomic mass is 35.5. The van der Waals surface area contributed by atoms with Gasteiger partial charge in [-0.1, -0.05) is 41.9 Å². The molecule has 0 aliphatic rings. The minimum absolute atomic E-state index is 0.0955. The molecule has 2 N–H and O–H groups in total. The molecule has 94 valence electrons. The number of benzene rings is 2. The Balaban J connectivity index is 1.98. The van der Waals surface area contributed by atoms with Gasteiger partial charge in [0.1, 0.15) is 5.82 Å². The summed E-state index contributed by atoms with van der Waals surface area (Å²) in [5.41, 5.74) is 8.12. The Morgan fingerprint density at radius 3 is 2.39 bits per heavy atom. The molecule has 0 aliphatic heterocycles. The number of rotatable bonds is 4. The number of hydrogen-bond acceptors (Lipinski definition) is 1. The molecule has 2 rings (SSSR count). The third-order valence-corrected chi connectivity index (χ3v) is 3.35. The van der Waals surface area contributed by atoms with Crippen molar-refractivity contribution in [1.29, 1.82) is 0 Å². The van der Waals surface area contributed by atoms with Crippen LogP contribution < -0.4 is 5.73 Å². The van der Waals surface area contributed by atoms with Crippen molar-refractivity contribution in [3.05, 3.63) is 70.5 Å². The number of halogens is 2. The van der Waals surface area contributed by atoms with E-state index in [-0.39, 0.29) is 11.9 Å². The molecule has 0 aromatic heterocycles. The van der Waals surface area contributed by atoms with Gasteiger partial charge >= 0.3 is 0 Å². The number of nitrogens with two attached hydrogens (primary N) is 1. The van der Waals surface area contributed by atoms with Crippen LogP contribution in [-0.4, -0.2) is 0 Å². The van der Waals surface area contributed by atoms with Crippen LogP contribution in [0.15, 0.2) is 48.5 Å². The topological polar surface area (TPSA) is 26.0 Å². The summed E-state index contributed by atoms with van der Waals surface area (Å²) in [6.07, 6.45) is 1.60. The molecule has 2 aromatic carbocycles. The first kappa shape index (κ1) is 13.1. The molecule has 0 amide bonds. The zero-order valence-electron chi connectivity index (χ0n) is 9.94. The fourth-order valence-corrected chi connectivity index (χ4v) is 2.12. The lowest BCUT2D eigenvalue weighted by molar-refractivity contribution is 0.619. The second-order valence-electron chi connectivity index (χ2n) is 4.29. The van der Waals surface area contributed by atoms with Gasteiger partial charge in [-0.3, -0.25) is 0 Å². The molecular formula is C15H15ClFN. The largest absolute Gasteiger partial charge is 0.324 e. The van der Waals surface area contributed by atoms with Crippen molar-refractivity contribution in [2.75, 3.05) is 0 Å². The van der Waals surface area contributed by atoms with Crippen molar-refractivity contribution in [3.8, 4) is 0 Å². The molecule has 0 heterocycles. The zero-order chi connectivity index (χ0) is 13.0. The second-order valence-corrected chi connectivity index (χ2v) is 4.70. The molecule has 0 radical (unpaired) electrons. The molecule has 0 spiro atoms. The monoisotopic (exact) mass is 263 g/mol. The third kappa shape index (κ3) is 3.31. The van der Waals surface area contributed by atoms with Crippen LogP contribution in [0.3, 0.4) is 0 Å². The van der Waals surface area contributed by atoms with Crippen molar-refractivity contribution in [2.45, 2.75) is 18.9 Å². The van der Waals surface area contributed by atoms with Gasteiger partial charge in [-0.05, 0) is 42.2 Å². The lowest BCUT2D eigenvalue weighted by atomic mass is 10.00. The van der Waals surface area contributed by atoms with Gasteiger partial charge in [0.2, 0.25) is 0 Å². The molecular weight excluding hydrogens is 249 g/mol. The first-order chi connectivity index (χ1) is 8.66. The van der Waals surface area contributed by atoms with Crippen LogP contribution in [0, 0.1) is 5.82 Å². The van der Waals surface area contributed by atoms with Gasteiger partial charge in [0.15, 0.2) is 0 Å². The van der Waals surface area contributed by atoms with E-state index in [4.69, 9.17) is 17.3 Å². The fourth-order valence-electron chi connectivity index (χ4n) is 1.89. The van der Waals surface area contributed by atoms with Gasteiger partial charge < -0.3 is 5.73 Å². The standard InChI is InChI=1S/C15H15ClFN/c16-14-4-2-1-3-11(14)7-10-15(18)12-5-8-13(17)9-6-12/h1-6,8-9,15H,7,10,18H2. The van der Waals surface area contributed by atoms with Crippen molar-refractivity contribution in [2.24, 2.45) is 5.73 Å². The fraction of sp³-hybridized carbons (Fsp3) is 0.200. The van der Waals surface area contributed by atoms with E-state index in [0.717, 1.165) is 29.0 Å². The summed E-state index contributed by atoms with van der Waals surface area (Å²) < 4.78 is 12.8. The Labute approximate surface area is 111 Å². The molecule has 2 aromatic rings.